The van der Waals surface area contributed by atoms with Crippen molar-refractivity contribution >= 4 is 40.3 Å². The number of rotatable bonds is 7. The number of nitrogens with one attached hydrogen (secondary N) is 2. The van der Waals surface area contributed by atoms with Crippen LogP contribution in [-0.4, -0.2) is 34.7 Å². The predicted molar refractivity (Wildman–Crippen MR) is 158 cm³/mol. The highest BCUT2D eigenvalue weighted by Gasteiger charge is 2.42. The van der Waals surface area contributed by atoms with E-state index in [4.69, 9.17) is 12.2 Å². The van der Waals surface area contributed by atoms with Crippen LogP contribution in [0.1, 0.15) is 42.4 Å². The number of aromatic nitrogens is 2. The molecule has 0 radical (unpaired) electrons. The molecule has 1 fully saturated rings. The van der Waals surface area contributed by atoms with Crippen molar-refractivity contribution in [2.75, 3.05) is 29.2 Å². The van der Waals surface area contributed by atoms with Gasteiger partial charge in [-0.1, -0.05) is 13.0 Å². The van der Waals surface area contributed by atoms with E-state index in [1.54, 1.807) is 0 Å². The van der Waals surface area contributed by atoms with E-state index in [-0.39, 0.29) is 18.0 Å². The molecular formula is C30H32N6OS. The molecule has 2 N–H and O–H groups in total. The molecule has 4 aromatic rings. The van der Waals surface area contributed by atoms with Gasteiger partial charge < -0.3 is 25.0 Å². The van der Waals surface area contributed by atoms with Crippen molar-refractivity contribution in [1.82, 2.24) is 14.9 Å². The Kier molecular flexibility index (Phi) is 7.15. The van der Waals surface area contributed by atoms with E-state index >= 15 is 0 Å². The van der Waals surface area contributed by atoms with Gasteiger partial charge in [0.2, 0.25) is 5.91 Å². The summed E-state index contributed by atoms with van der Waals surface area (Å²) in [7, 11) is 4.08. The smallest absolute Gasteiger partial charge is 0.224 e. The van der Waals surface area contributed by atoms with Crippen LogP contribution in [0.15, 0.2) is 85.2 Å². The lowest BCUT2D eigenvalue weighted by molar-refractivity contribution is -0.115. The Hall–Kier alpha value is -4.17. The minimum atomic E-state index is -0.156. The number of thiocarbonyl (C=S) groups is 1. The maximum atomic E-state index is 12.0. The fourth-order valence-electron chi connectivity index (χ4n) is 4.89. The molecular weight excluding hydrogens is 492 g/mol. The Labute approximate surface area is 229 Å². The standard InChI is InChI=1S/C30H32N6OS/c1-5-27(37)32-24-16-15-23(19-20(24)2)36-29(28(33-30(36)38)25-9-6-7-17-31-25)26-10-8-18-35(26)22-13-11-21(12-14-22)34(3)4/h6-19,28-29H,5H2,1-4H3,(H,32,37)(H,33,38)/t28-,29-/m1/s1. The number of nitrogens with zero attached hydrogens (tertiary/aromatic N) is 4. The number of benzene rings is 2. The molecule has 0 spiro atoms. The number of hydrogen-bond donors (Lipinski definition) is 2. The number of carbonyl (C=O) groups excluding carboxylic acids is 1. The second-order valence-electron chi connectivity index (χ2n) is 9.61. The van der Waals surface area contributed by atoms with Gasteiger partial charge in [0.05, 0.1) is 11.7 Å². The van der Waals surface area contributed by atoms with Crippen molar-refractivity contribution in [2.45, 2.75) is 32.4 Å². The molecule has 2 aromatic carbocycles. The van der Waals surface area contributed by atoms with Crippen LogP contribution in [0, 0.1) is 6.92 Å². The Balaban J connectivity index is 1.59. The van der Waals surface area contributed by atoms with Crippen LogP contribution in [0.4, 0.5) is 17.1 Å². The highest BCUT2D eigenvalue weighted by Crippen LogP contribution is 2.43. The van der Waals surface area contributed by atoms with Crippen molar-refractivity contribution in [2.24, 2.45) is 0 Å². The van der Waals surface area contributed by atoms with Crippen molar-refractivity contribution in [3.05, 3.63) is 102 Å². The molecule has 2 atom stereocenters. The minimum absolute atomic E-state index is 0.00887. The van der Waals surface area contributed by atoms with E-state index in [9.17, 15) is 4.79 Å². The number of amides is 1. The second-order valence-corrected chi connectivity index (χ2v) is 10.00. The molecule has 8 heteroatoms. The maximum Gasteiger partial charge on any atom is 0.224 e. The predicted octanol–water partition coefficient (Wildman–Crippen LogP) is 5.77. The summed E-state index contributed by atoms with van der Waals surface area (Å²) in [6.45, 7) is 3.85. The largest absolute Gasteiger partial charge is 0.378 e. The van der Waals surface area contributed by atoms with Gasteiger partial charge in [0.15, 0.2) is 5.11 Å². The van der Waals surface area contributed by atoms with Crippen molar-refractivity contribution in [3.8, 4) is 5.69 Å². The first-order chi connectivity index (χ1) is 18.4. The third-order valence-electron chi connectivity index (χ3n) is 6.91. The van der Waals surface area contributed by atoms with E-state index in [1.165, 1.54) is 0 Å². The molecule has 5 rings (SSSR count). The highest BCUT2D eigenvalue weighted by atomic mass is 32.1. The molecule has 2 aromatic heterocycles. The molecule has 3 heterocycles. The molecule has 1 saturated heterocycles. The Morgan fingerprint density at radius 1 is 1.05 bits per heavy atom. The van der Waals surface area contributed by atoms with Crippen LogP contribution in [0.2, 0.25) is 0 Å². The number of pyridine rings is 1. The minimum Gasteiger partial charge on any atom is -0.378 e. The van der Waals surface area contributed by atoms with Gasteiger partial charge in [0.1, 0.15) is 6.04 Å². The van der Waals surface area contributed by atoms with E-state index < -0.39 is 0 Å². The van der Waals surface area contributed by atoms with E-state index in [1.807, 2.05) is 64.5 Å². The Morgan fingerprint density at radius 2 is 1.82 bits per heavy atom. The van der Waals surface area contributed by atoms with Crippen LogP contribution in [0.3, 0.4) is 0 Å². The lowest BCUT2D eigenvalue weighted by atomic mass is 10.00. The first-order valence-electron chi connectivity index (χ1n) is 12.7. The third kappa shape index (κ3) is 4.87. The summed E-state index contributed by atoms with van der Waals surface area (Å²) in [5.41, 5.74) is 6.95. The molecule has 7 nitrogen and oxygen atoms in total. The van der Waals surface area contributed by atoms with Gasteiger partial charge in [-0.2, -0.15) is 0 Å². The fraction of sp³-hybridized carbons (Fsp3) is 0.233. The summed E-state index contributed by atoms with van der Waals surface area (Å²) in [6.07, 6.45) is 4.33. The van der Waals surface area contributed by atoms with Gasteiger partial charge in [-0.25, -0.2) is 0 Å². The number of hydrogen-bond acceptors (Lipinski definition) is 4. The molecule has 1 amide bonds. The molecule has 1 aliphatic rings. The summed E-state index contributed by atoms with van der Waals surface area (Å²) in [5.74, 6) is -0.00887. The Morgan fingerprint density at radius 3 is 2.47 bits per heavy atom. The summed E-state index contributed by atoms with van der Waals surface area (Å²) < 4.78 is 2.21. The molecule has 0 saturated carbocycles. The van der Waals surface area contributed by atoms with E-state index in [0.717, 1.165) is 39.7 Å². The van der Waals surface area contributed by atoms with Gasteiger partial charge in [-0.15, -0.1) is 0 Å². The third-order valence-corrected chi connectivity index (χ3v) is 7.22. The zero-order chi connectivity index (χ0) is 26.8. The zero-order valence-electron chi connectivity index (χ0n) is 22.1. The van der Waals surface area contributed by atoms with E-state index in [0.29, 0.717) is 11.5 Å². The van der Waals surface area contributed by atoms with E-state index in [2.05, 4.69) is 78.6 Å². The monoisotopic (exact) mass is 524 g/mol. The average Bonchev–Trinajstić information content (AvgIpc) is 3.54. The SMILES string of the molecule is CCC(=O)Nc1ccc(N2C(=S)N[C@H](c3ccccn3)[C@H]2c2cccn2-c2ccc(N(C)C)cc2)cc1C. The maximum absolute atomic E-state index is 12.0. The first-order valence-corrected chi connectivity index (χ1v) is 13.1. The summed E-state index contributed by atoms with van der Waals surface area (Å²) in [4.78, 5) is 20.9. The van der Waals surface area contributed by atoms with Crippen LogP contribution in [0.25, 0.3) is 5.69 Å². The summed E-state index contributed by atoms with van der Waals surface area (Å²) >= 11 is 5.92. The molecule has 0 bridgehead atoms. The highest BCUT2D eigenvalue weighted by molar-refractivity contribution is 7.80. The van der Waals surface area contributed by atoms with Crippen molar-refractivity contribution < 1.29 is 4.79 Å². The Bertz CT molecular complexity index is 1450. The average molecular weight is 525 g/mol. The van der Waals surface area contributed by atoms with Gasteiger partial charge in [0, 0.05) is 61.4 Å². The zero-order valence-corrected chi connectivity index (χ0v) is 22.9. The first kappa shape index (κ1) is 25.5. The fourth-order valence-corrected chi connectivity index (χ4v) is 5.24. The molecule has 38 heavy (non-hydrogen) atoms. The van der Waals surface area contributed by atoms with Crippen LogP contribution in [-0.2, 0) is 4.79 Å². The lowest BCUT2D eigenvalue weighted by Gasteiger charge is -2.29. The summed E-state index contributed by atoms with van der Waals surface area (Å²) in [5, 5.41) is 7.15. The molecule has 0 aliphatic carbocycles. The number of carbonyl (C=O) groups is 1. The van der Waals surface area contributed by atoms with Gasteiger partial charge in [-0.05, 0) is 91.4 Å². The molecule has 0 unspecified atom stereocenters. The van der Waals surface area contributed by atoms with Crippen LogP contribution >= 0.6 is 12.2 Å². The molecule has 1 aliphatic heterocycles. The lowest BCUT2D eigenvalue weighted by Crippen LogP contribution is -2.30. The van der Waals surface area contributed by atoms with Crippen LogP contribution < -0.4 is 20.4 Å². The number of anilines is 3. The van der Waals surface area contributed by atoms with Crippen molar-refractivity contribution in [1.29, 1.82) is 0 Å². The molecule has 194 valence electrons. The topological polar surface area (TPSA) is 65.4 Å². The van der Waals surface area contributed by atoms with Gasteiger partial charge in [0.25, 0.3) is 0 Å². The normalized spacial score (nSPS) is 16.8. The summed E-state index contributed by atoms with van der Waals surface area (Å²) in [6, 6.07) is 24.4. The quantitative estimate of drug-likeness (QED) is 0.299. The second kappa shape index (κ2) is 10.7. The number of aryl methyl sites for hydroxylation is 1. The van der Waals surface area contributed by atoms with Crippen LogP contribution in [0.5, 0.6) is 0 Å². The van der Waals surface area contributed by atoms with Gasteiger partial charge >= 0.3 is 0 Å². The van der Waals surface area contributed by atoms with Gasteiger partial charge in [-0.3, -0.25) is 9.78 Å². The van der Waals surface area contributed by atoms with Crippen molar-refractivity contribution in [3.63, 3.8) is 0 Å².